The largest absolute Gasteiger partial charge is 0.484 e. The molecule has 0 spiro atoms. The van der Waals surface area contributed by atoms with Gasteiger partial charge in [-0.25, -0.2) is 0 Å². The van der Waals surface area contributed by atoms with Crippen molar-refractivity contribution in [2.75, 3.05) is 6.61 Å². The lowest BCUT2D eigenvalue weighted by Gasteiger charge is -2.20. The van der Waals surface area contributed by atoms with Crippen LogP contribution in [0.1, 0.15) is 44.7 Å². The molecular formula is C24H30N2O3. The van der Waals surface area contributed by atoms with Crippen LogP contribution in [0.25, 0.3) is 0 Å². The smallest absolute Gasteiger partial charge is 0.258 e. The molecule has 1 atom stereocenters. The van der Waals surface area contributed by atoms with Crippen molar-refractivity contribution < 1.29 is 14.3 Å². The van der Waals surface area contributed by atoms with Crippen LogP contribution in [0.2, 0.25) is 0 Å². The molecule has 0 radical (unpaired) electrons. The Morgan fingerprint density at radius 3 is 2.28 bits per heavy atom. The van der Waals surface area contributed by atoms with Gasteiger partial charge in [0.25, 0.3) is 5.91 Å². The van der Waals surface area contributed by atoms with E-state index >= 15 is 0 Å². The zero-order valence-electron chi connectivity index (χ0n) is 17.4. The van der Waals surface area contributed by atoms with Gasteiger partial charge in [0.05, 0.1) is 0 Å². The molecule has 0 aromatic heterocycles. The van der Waals surface area contributed by atoms with Crippen molar-refractivity contribution in [2.45, 2.75) is 57.5 Å². The summed E-state index contributed by atoms with van der Waals surface area (Å²) >= 11 is 0. The van der Waals surface area contributed by atoms with Crippen molar-refractivity contribution in [3.05, 3.63) is 65.7 Å². The number of carbonyl (C=O) groups is 2. The van der Waals surface area contributed by atoms with Crippen LogP contribution >= 0.6 is 0 Å². The molecule has 2 amide bonds. The Kier molecular flexibility index (Phi) is 6.57. The molecule has 1 aliphatic carbocycles. The quantitative estimate of drug-likeness (QED) is 0.721. The molecule has 2 aromatic carbocycles. The summed E-state index contributed by atoms with van der Waals surface area (Å²) in [6.07, 6.45) is 2.46. The Balaban J connectivity index is 1.56. The standard InChI is InChI=1S/C24H30N2O3/c1-24(2,3)18-9-13-20(14-10-18)29-16-22(27)26-21(23(28)25-19-11-12-19)15-17-7-5-4-6-8-17/h4-10,13-14,19,21H,11-12,15-16H2,1-3H3,(H,25,28)(H,26,27). The maximum absolute atomic E-state index is 12.6. The minimum atomic E-state index is -0.614. The van der Waals surface area contributed by atoms with Crippen LogP contribution in [0.3, 0.4) is 0 Å². The predicted molar refractivity (Wildman–Crippen MR) is 114 cm³/mol. The van der Waals surface area contributed by atoms with Crippen molar-refractivity contribution in [3.63, 3.8) is 0 Å². The van der Waals surface area contributed by atoms with E-state index in [1.54, 1.807) is 0 Å². The fraction of sp³-hybridized carbons (Fsp3) is 0.417. The van der Waals surface area contributed by atoms with E-state index in [0.29, 0.717) is 12.2 Å². The summed E-state index contributed by atoms with van der Waals surface area (Å²) in [4.78, 5) is 25.0. The number of ether oxygens (including phenoxy) is 1. The molecule has 0 heterocycles. The van der Waals surface area contributed by atoms with Gasteiger partial charge in [0, 0.05) is 12.5 Å². The average Bonchev–Trinajstić information content (AvgIpc) is 3.50. The SMILES string of the molecule is CC(C)(C)c1ccc(OCC(=O)NC(Cc2ccccc2)C(=O)NC2CC2)cc1. The molecular weight excluding hydrogens is 364 g/mol. The van der Waals surface area contributed by atoms with E-state index in [1.165, 1.54) is 5.56 Å². The van der Waals surface area contributed by atoms with E-state index in [0.717, 1.165) is 18.4 Å². The topological polar surface area (TPSA) is 67.4 Å². The summed E-state index contributed by atoms with van der Waals surface area (Å²) in [6, 6.07) is 17.1. The van der Waals surface area contributed by atoms with Gasteiger partial charge in [-0.15, -0.1) is 0 Å². The molecule has 29 heavy (non-hydrogen) atoms. The third kappa shape index (κ3) is 6.63. The third-order valence-electron chi connectivity index (χ3n) is 4.95. The van der Waals surface area contributed by atoms with Gasteiger partial charge in [0.15, 0.2) is 6.61 Å². The highest BCUT2D eigenvalue weighted by Crippen LogP contribution is 2.24. The van der Waals surface area contributed by atoms with Crippen molar-refractivity contribution in [3.8, 4) is 5.75 Å². The fourth-order valence-corrected chi connectivity index (χ4v) is 3.02. The van der Waals surface area contributed by atoms with Gasteiger partial charge in [-0.2, -0.15) is 0 Å². The molecule has 5 nitrogen and oxygen atoms in total. The van der Waals surface area contributed by atoms with Gasteiger partial charge in [-0.3, -0.25) is 9.59 Å². The Labute approximate surface area is 172 Å². The molecule has 0 aliphatic heterocycles. The molecule has 1 fully saturated rings. The highest BCUT2D eigenvalue weighted by molar-refractivity contribution is 5.88. The van der Waals surface area contributed by atoms with Gasteiger partial charge < -0.3 is 15.4 Å². The number of hydrogen-bond acceptors (Lipinski definition) is 3. The number of carbonyl (C=O) groups excluding carboxylic acids is 2. The Morgan fingerprint density at radius 2 is 1.69 bits per heavy atom. The van der Waals surface area contributed by atoms with E-state index in [2.05, 4.69) is 31.4 Å². The average molecular weight is 395 g/mol. The van der Waals surface area contributed by atoms with Crippen LogP contribution < -0.4 is 15.4 Å². The van der Waals surface area contributed by atoms with Crippen LogP contribution in [0.5, 0.6) is 5.75 Å². The number of amides is 2. The summed E-state index contributed by atoms with van der Waals surface area (Å²) in [5.74, 6) is 0.186. The molecule has 2 aromatic rings. The van der Waals surface area contributed by atoms with E-state index in [4.69, 9.17) is 4.74 Å². The van der Waals surface area contributed by atoms with Crippen LogP contribution in [0, 0.1) is 0 Å². The maximum Gasteiger partial charge on any atom is 0.258 e. The highest BCUT2D eigenvalue weighted by Gasteiger charge is 2.28. The van der Waals surface area contributed by atoms with Crippen LogP contribution in [0.4, 0.5) is 0 Å². The zero-order valence-corrected chi connectivity index (χ0v) is 17.4. The lowest BCUT2D eigenvalue weighted by molar-refractivity contribution is -0.130. The van der Waals surface area contributed by atoms with Gasteiger partial charge >= 0.3 is 0 Å². The second-order valence-corrected chi connectivity index (χ2v) is 8.66. The first kappa shape index (κ1) is 20.9. The molecule has 3 rings (SSSR count). The first-order valence-electron chi connectivity index (χ1n) is 10.2. The zero-order chi connectivity index (χ0) is 20.9. The van der Waals surface area contributed by atoms with Crippen LogP contribution in [0.15, 0.2) is 54.6 Å². The van der Waals surface area contributed by atoms with Crippen molar-refractivity contribution in [1.82, 2.24) is 10.6 Å². The Morgan fingerprint density at radius 1 is 1.03 bits per heavy atom. The second kappa shape index (κ2) is 9.12. The van der Waals surface area contributed by atoms with Crippen molar-refractivity contribution in [2.24, 2.45) is 0 Å². The van der Waals surface area contributed by atoms with E-state index in [-0.39, 0.29) is 29.9 Å². The summed E-state index contributed by atoms with van der Waals surface area (Å²) in [6.45, 7) is 6.32. The molecule has 5 heteroatoms. The van der Waals surface area contributed by atoms with Crippen LogP contribution in [-0.2, 0) is 21.4 Å². The number of benzene rings is 2. The molecule has 0 saturated heterocycles. The van der Waals surface area contributed by atoms with E-state index < -0.39 is 6.04 Å². The Bertz CT molecular complexity index is 821. The van der Waals surface area contributed by atoms with E-state index in [9.17, 15) is 9.59 Å². The lowest BCUT2D eigenvalue weighted by Crippen LogP contribution is -2.49. The minimum Gasteiger partial charge on any atom is -0.484 e. The molecule has 1 unspecified atom stereocenters. The first-order valence-corrected chi connectivity index (χ1v) is 10.2. The monoisotopic (exact) mass is 394 g/mol. The number of nitrogens with one attached hydrogen (secondary N) is 2. The van der Waals surface area contributed by atoms with Crippen molar-refractivity contribution in [1.29, 1.82) is 0 Å². The van der Waals surface area contributed by atoms with Gasteiger partial charge in [-0.1, -0.05) is 63.2 Å². The number of hydrogen-bond donors (Lipinski definition) is 2. The summed E-state index contributed by atoms with van der Waals surface area (Å²) in [5.41, 5.74) is 2.27. The Hall–Kier alpha value is -2.82. The minimum absolute atomic E-state index is 0.0650. The first-order chi connectivity index (χ1) is 13.8. The van der Waals surface area contributed by atoms with Crippen molar-refractivity contribution >= 4 is 11.8 Å². The molecule has 0 bridgehead atoms. The van der Waals surface area contributed by atoms with Gasteiger partial charge in [0.2, 0.25) is 5.91 Å². The van der Waals surface area contributed by atoms with Gasteiger partial charge in [0.1, 0.15) is 11.8 Å². The summed E-state index contributed by atoms with van der Waals surface area (Å²) < 4.78 is 5.62. The number of rotatable bonds is 8. The predicted octanol–water partition coefficient (Wildman–Crippen LogP) is 3.37. The molecule has 1 saturated carbocycles. The van der Waals surface area contributed by atoms with Gasteiger partial charge in [-0.05, 0) is 41.5 Å². The summed E-state index contributed by atoms with van der Waals surface area (Å²) in [5, 5.41) is 5.81. The highest BCUT2D eigenvalue weighted by atomic mass is 16.5. The maximum atomic E-state index is 12.6. The fourth-order valence-electron chi connectivity index (χ4n) is 3.02. The molecule has 1 aliphatic rings. The van der Waals surface area contributed by atoms with Crippen LogP contribution in [-0.4, -0.2) is 30.5 Å². The summed E-state index contributed by atoms with van der Waals surface area (Å²) in [7, 11) is 0. The lowest BCUT2D eigenvalue weighted by atomic mass is 9.87. The van der Waals surface area contributed by atoms with E-state index in [1.807, 2.05) is 54.6 Å². The molecule has 2 N–H and O–H groups in total. The third-order valence-corrected chi connectivity index (χ3v) is 4.95. The second-order valence-electron chi connectivity index (χ2n) is 8.66. The normalized spacial score (nSPS) is 14.7. The molecule has 154 valence electrons.